The minimum Gasteiger partial charge on any atom is -0.455 e. The molecular formula is C33H43NO5Si. The number of aliphatic hydroxyl groups excluding tert-OH is 2. The number of rotatable bonds is 10. The molecule has 214 valence electrons. The fourth-order valence-corrected chi connectivity index (χ4v) is 10.4. The van der Waals surface area contributed by atoms with Gasteiger partial charge in [-0.3, -0.25) is 4.90 Å². The van der Waals surface area contributed by atoms with Crippen LogP contribution in [0.25, 0.3) is 0 Å². The zero-order chi connectivity index (χ0) is 28.8. The van der Waals surface area contributed by atoms with E-state index in [0.717, 1.165) is 23.2 Å². The molecule has 0 amide bonds. The number of ether oxygens (including phenoxy) is 1. The smallest absolute Gasteiger partial charge is 0.338 e. The minimum absolute atomic E-state index is 0.212. The van der Waals surface area contributed by atoms with E-state index in [9.17, 15) is 15.0 Å². The van der Waals surface area contributed by atoms with Gasteiger partial charge in [-0.25, -0.2) is 4.79 Å². The van der Waals surface area contributed by atoms with Crippen LogP contribution in [0.1, 0.15) is 50.9 Å². The maximum absolute atomic E-state index is 12.8. The van der Waals surface area contributed by atoms with Gasteiger partial charge < -0.3 is 19.4 Å². The van der Waals surface area contributed by atoms with Crippen molar-refractivity contribution in [3.63, 3.8) is 0 Å². The number of hydrogen-bond donors (Lipinski definition) is 2. The molecule has 1 heterocycles. The van der Waals surface area contributed by atoms with Crippen LogP contribution in [-0.2, 0) is 9.16 Å². The maximum Gasteiger partial charge on any atom is 0.338 e. The van der Waals surface area contributed by atoms with Crippen molar-refractivity contribution in [2.75, 3.05) is 19.7 Å². The summed E-state index contributed by atoms with van der Waals surface area (Å²) in [5.41, 5.74) is 0.418. The lowest BCUT2D eigenvalue weighted by molar-refractivity contribution is -0.146. The highest BCUT2D eigenvalue weighted by atomic mass is 28.4. The van der Waals surface area contributed by atoms with Crippen LogP contribution in [0.3, 0.4) is 0 Å². The molecule has 0 aliphatic carbocycles. The summed E-state index contributed by atoms with van der Waals surface area (Å²) >= 11 is 0. The largest absolute Gasteiger partial charge is 0.455 e. The molecule has 0 spiro atoms. The first-order valence-electron chi connectivity index (χ1n) is 14.3. The van der Waals surface area contributed by atoms with Gasteiger partial charge in [0.15, 0.2) is 0 Å². The van der Waals surface area contributed by atoms with E-state index < -0.39 is 38.6 Å². The standard InChI is InChI=1S/C33H43NO5Si/c1-5-6-22-34-23-29(39-32(37)25-16-10-7-11-17-25)31(36)30(35)28(34)24-38-40(33(2,3)4,26-18-12-8-13-19-26)27-20-14-9-15-21-27/h7-21,28-31,35-36H,5-6,22-24H2,1-4H3/t28-,29+,30-,31-/m1/s1. The third-order valence-electron chi connectivity index (χ3n) is 7.96. The number of carbonyl (C=O) groups excluding carboxylic acids is 1. The lowest BCUT2D eigenvalue weighted by Crippen LogP contribution is -2.69. The number of benzene rings is 3. The third-order valence-corrected chi connectivity index (χ3v) is 13.0. The van der Waals surface area contributed by atoms with Gasteiger partial charge in [0.25, 0.3) is 8.32 Å². The number of nitrogens with zero attached hydrogens (tertiary/aromatic N) is 1. The van der Waals surface area contributed by atoms with Crippen LogP contribution < -0.4 is 10.4 Å². The average molecular weight is 562 g/mol. The Morgan fingerprint density at radius 2 is 1.40 bits per heavy atom. The Balaban J connectivity index is 1.63. The third kappa shape index (κ3) is 6.40. The van der Waals surface area contributed by atoms with Gasteiger partial charge in [-0.05, 0) is 40.5 Å². The van der Waals surface area contributed by atoms with Gasteiger partial charge in [-0.1, -0.05) is 113 Å². The summed E-state index contributed by atoms with van der Waals surface area (Å²) in [6.07, 6.45) is -1.32. The normalized spacial score (nSPS) is 22.1. The van der Waals surface area contributed by atoms with E-state index in [1.165, 1.54) is 0 Å². The van der Waals surface area contributed by atoms with E-state index in [0.29, 0.717) is 18.7 Å². The van der Waals surface area contributed by atoms with Gasteiger partial charge >= 0.3 is 5.97 Å². The van der Waals surface area contributed by atoms with Crippen LogP contribution in [0.5, 0.6) is 0 Å². The van der Waals surface area contributed by atoms with Crippen LogP contribution >= 0.6 is 0 Å². The van der Waals surface area contributed by atoms with Gasteiger partial charge in [0.1, 0.15) is 18.3 Å². The maximum atomic E-state index is 12.8. The minimum atomic E-state index is -2.84. The monoisotopic (exact) mass is 561 g/mol. The summed E-state index contributed by atoms with van der Waals surface area (Å²) in [7, 11) is -2.84. The van der Waals surface area contributed by atoms with E-state index in [1.54, 1.807) is 24.3 Å². The number of unbranched alkanes of at least 4 members (excludes halogenated alkanes) is 1. The highest BCUT2D eigenvalue weighted by molar-refractivity contribution is 6.99. The second kappa shape index (κ2) is 13.2. The molecular weight excluding hydrogens is 518 g/mol. The first-order valence-corrected chi connectivity index (χ1v) is 16.2. The van der Waals surface area contributed by atoms with Gasteiger partial charge in [0.05, 0.1) is 18.2 Å². The first-order chi connectivity index (χ1) is 19.2. The molecule has 3 aromatic rings. The van der Waals surface area contributed by atoms with Gasteiger partial charge in [0, 0.05) is 6.54 Å². The Morgan fingerprint density at radius 3 is 1.90 bits per heavy atom. The van der Waals surface area contributed by atoms with Crippen molar-refractivity contribution >= 4 is 24.7 Å². The molecule has 4 atom stereocenters. The lowest BCUT2D eigenvalue weighted by Gasteiger charge is -2.48. The molecule has 0 aromatic heterocycles. The van der Waals surface area contributed by atoms with Gasteiger partial charge in [0.2, 0.25) is 0 Å². The number of hydrogen-bond acceptors (Lipinski definition) is 6. The summed E-state index contributed by atoms with van der Waals surface area (Å²) in [5, 5.41) is 24.7. The van der Waals surface area contributed by atoms with E-state index in [-0.39, 0.29) is 11.6 Å². The van der Waals surface area contributed by atoms with E-state index in [1.807, 2.05) is 42.5 Å². The molecule has 3 aromatic carbocycles. The van der Waals surface area contributed by atoms with Crippen molar-refractivity contribution in [1.29, 1.82) is 0 Å². The zero-order valence-electron chi connectivity index (χ0n) is 24.1. The fourth-order valence-electron chi connectivity index (χ4n) is 5.82. The second-order valence-electron chi connectivity index (χ2n) is 11.7. The second-order valence-corrected chi connectivity index (χ2v) is 16.0. The van der Waals surface area contributed by atoms with E-state index >= 15 is 0 Å². The van der Waals surface area contributed by atoms with Crippen LogP contribution in [0.15, 0.2) is 91.0 Å². The van der Waals surface area contributed by atoms with Gasteiger partial charge in [-0.15, -0.1) is 0 Å². The lowest BCUT2D eigenvalue weighted by atomic mass is 9.93. The molecule has 1 fully saturated rings. The van der Waals surface area contributed by atoms with Crippen LogP contribution in [-0.4, -0.2) is 73.4 Å². The van der Waals surface area contributed by atoms with Crippen molar-refractivity contribution in [2.24, 2.45) is 0 Å². The summed E-state index contributed by atoms with van der Waals surface area (Å²) in [4.78, 5) is 14.9. The Bertz CT molecular complexity index is 1160. The molecule has 1 aliphatic heterocycles. The van der Waals surface area contributed by atoms with Crippen molar-refractivity contribution in [2.45, 2.75) is 69.9 Å². The predicted octanol–water partition coefficient (Wildman–Crippen LogP) is 3.99. The molecule has 6 nitrogen and oxygen atoms in total. The highest BCUT2D eigenvalue weighted by Crippen LogP contribution is 2.37. The molecule has 1 saturated heterocycles. The Kier molecular flexibility index (Phi) is 9.98. The summed E-state index contributed by atoms with van der Waals surface area (Å²) in [6, 6.07) is 29.1. The number of esters is 1. The number of carbonyl (C=O) groups is 1. The molecule has 1 aliphatic rings. The van der Waals surface area contributed by atoms with E-state index in [4.69, 9.17) is 9.16 Å². The fraction of sp³-hybridized carbons (Fsp3) is 0.424. The highest BCUT2D eigenvalue weighted by Gasteiger charge is 2.52. The quantitative estimate of drug-likeness (QED) is 0.288. The Morgan fingerprint density at radius 1 is 0.875 bits per heavy atom. The van der Waals surface area contributed by atoms with Crippen molar-refractivity contribution in [3.8, 4) is 0 Å². The van der Waals surface area contributed by atoms with Gasteiger partial charge in [-0.2, -0.15) is 0 Å². The number of piperidine rings is 1. The van der Waals surface area contributed by atoms with Crippen LogP contribution in [0.4, 0.5) is 0 Å². The van der Waals surface area contributed by atoms with Crippen molar-refractivity contribution < 1.29 is 24.2 Å². The summed E-state index contributed by atoms with van der Waals surface area (Å²) in [6.45, 7) is 10.1. The van der Waals surface area contributed by atoms with Crippen LogP contribution in [0, 0.1) is 0 Å². The Hall–Kier alpha value is -2.81. The number of aliphatic hydroxyl groups is 2. The topological polar surface area (TPSA) is 79.2 Å². The molecule has 0 bridgehead atoms. The zero-order valence-corrected chi connectivity index (χ0v) is 25.1. The molecule has 2 N–H and O–H groups in total. The molecule has 0 unspecified atom stereocenters. The SMILES string of the molecule is CCCCN1C[C@H](OC(=O)c2ccccc2)[C@@H](O)[C@H](O)[C@H]1CO[Si](c1ccccc1)(c1ccccc1)C(C)(C)C. The van der Waals surface area contributed by atoms with Crippen molar-refractivity contribution in [3.05, 3.63) is 96.6 Å². The molecule has 4 rings (SSSR count). The Labute approximate surface area is 239 Å². The molecule has 7 heteroatoms. The summed E-state index contributed by atoms with van der Waals surface area (Å²) in [5.74, 6) is -0.505. The number of likely N-dealkylation sites (tertiary alicyclic amines) is 1. The van der Waals surface area contributed by atoms with Crippen molar-refractivity contribution in [1.82, 2.24) is 4.90 Å². The van der Waals surface area contributed by atoms with Crippen LogP contribution in [0.2, 0.25) is 5.04 Å². The summed E-state index contributed by atoms with van der Waals surface area (Å²) < 4.78 is 12.9. The molecule has 0 radical (unpaired) electrons. The predicted molar refractivity (Wildman–Crippen MR) is 162 cm³/mol. The van der Waals surface area contributed by atoms with E-state index in [2.05, 4.69) is 56.9 Å². The average Bonchev–Trinajstić information content (AvgIpc) is 2.96. The molecule has 40 heavy (non-hydrogen) atoms. The first kappa shape index (κ1) is 30.2. The molecule has 0 saturated carbocycles.